The monoisotopic (exact) mass is 323 g/mol. The van der Waals surface area contributed by atoms with Crippen LogP contribution in [-0.2, 0) is 4.79 Å². The smallest absolute Gasteiger partial charge is 0.240 e. The highest BCUT2D eigenvalue weighted by Gasteiger charge is 2.29. The Kier molecular flexibility index (Phi) is 5.37. The van der Waals surface area contributed by atoms with Crippen molar-refractivity contribution in [1.82, 2.24) is 5.32 Å². The number of amides is 1. The average Bonchev–Trinajstić information content (AvgIpc) is 2.37. The van der Waals surface area contributed by atoms with Crippen LogP contribution < -0.4 is 10.6 Å². The van der Waals surface area contributed by atoms with Gasteiger partial charge in [0.2, 0.25) is 5.91 Å². The summed E-state index contributed by atoms with van der Waals surface area (Å²) in [6, 6.07) is 9.70. The average molecular weight is 324 g/mol. The van der Waals surface area contributed by atoms with Crippen molar-refractivity contribution in [3.05, 3.63) is 28.7 Å². The van der Waals surface area contributed by atoms with Crippen molar-refractivity contribution >= 4 is 27.5 Å². The van der Waals surface area contributed by atoms with Crippen LogP contribution in [0.2, 0.25) is 0 Å². The lowest BCUT2D eigenvalue weighted by atomic mass is 9.90. The first kappa shape index (κ1) is 15.5. The summed E-state index contributed by atoms with van der Waals surface area (Å²) in [6.07, 6.45) is 0. The molecule has 4 nitrogen and oxygen atoms in total. The van der Waals surface area contributed by atoms with E-state index in [0.29, 0.717) is 0 Å². The summed E-state index contributed by atoms with van der Waals surface area (Å²) < 4.78 is 0.986. The van der Waals surface area contributed by atoms with Crippen LogP contribution in [0.5, 0.6) is 0 Å². The summed E-state index contributed by atoms with van der Waals surface area (Å²) in [5.74, 6) is -0.144. The largest absolute Gasteiger partial charge is 0.376 e. The number of nitrogens with zero attached hydrogens (tertiary/aromatic N) is 1. The van der Waals surface area contributed by atoms with Crippen molar-refractivity contribution in [3.8, 4) is 6.07 Å². The van der Waals surface area contributed by atoms with Crippen LogP contribution in [0, 0.1) is 17.2 Å². The van der Waals surface area contributed by atoms with Crippen molar-refractivity contribution in [1.29, 1.82) is 5.26 Å². The van der Waals surface area contributed by atoms with Gasteiger partial charge in [-0.15, -0.1) is 0 Å². The van der Waals surface area contributed by atoms with Gasteiger partial charge in [-0.25, -0.2) is 0 Å². The molecule has 0 aliphatic heterocycles. The van der Waals surface area contributed by atoms with Crippen LogP contribution in [-0.4, -0.2) is 18.0 Å². The van der Waals surface area contributed by atoms with Crippen molar-refractivity contribution in [2.45, 2.75) is 26.3 Å². The minimum absolute atomic E-state index is 0.0501. The predicted octanol–water partition coefficient (Wildman–Crippen LogP) is 2.92. The number of hydrogen-bond acceptors (Lipinski definition) is 3. The molecule has 0 aliphatic carbocycles. The van der Waals surface area contributed by atoms with Gasteiger partial charge in [0.1, 0.15) is 5.54 Å². The molecule has 0 radical (unpaired) electrons. The molecule has 0 aromatic heterocycles. The van der Waals surface area contributed by atoms with E-state index < -0.39 is 5.54 Å². The molecule has 19 heavy (non-hydrogen) atoms. The molecule has 0 heterocycles. The van der Waals surface area contributed by atoms with E-state index in [1.165, 1.54) is 0 Å². The van der Waals surface area contributed by atoms with Crippen molar-refractivity contribution in [2.24, 2.45) is 5.92 Å². The van der Waals surface area contributed by atoms with Gasteiger partial charge in [-0.05, 0) is 37.1 Å². The lowest BCUT2D eigenvalue weighted by Gasteiger charge is -2.27. The molecule has 0 fully saturated rings. The molecule has 1 aromatic carbocycles. The van der Waals surface area contributed by atoms with Crippen molar-refractivity contribution < 1.29 is 4.79 Å². The van der Waals surface area contributed by atoms with Gasteiger partial charge >= 0.3 is 0 Å². The van der Waals surface area contributed by atoms with Gasteiger partial charge in [-0.2, -0.15) is 5.26 Å². The fourth-order valence-electron chi connectivity index (χ4n) is 1.39. The second-order valence-corrected chi connectivity index (χ2v) is 5.79. The molecule has 0 aliphatic rings. The fraction of sp³-hybridized carbons (Fsp3) is 0.429. The lowest BCUT2D eigenvalue weighted by Crippen LogP contribution is -2.50. The molecule has 5 heteroatoms. The van der Waals surface area contributed by atoms with E-state index in [1.807, 2.05) is 38.1 Å². The number of anilines is 1. The van der Waals surface area contributed by atoms with Gasteiger partial charge in [0.05, 0.1) is 12.6 Å². The summed E-state index contributed by atoms with van der Waals surface area (Å²) in [6.45, 7) is 5.69. The zero-order valence-corrected chi connectivity index (χ0v) is 12.9. The number of nitrogens with one attached hydrogen (secondary N) is 2. The van der Waals surface area contributed by atoms with E-state index in [2.05, 4.69) is 32.6 Å². The van der Waals surface area contributed by atoms with Gasteiger partial charge in [0.25, 0.3) is 0 Å². The first-order valence-electron chi connectivity index (χ1n) is 6.09. The highest BCUT2D eigenvalue weighted by molar-refractivity contribution is 9.10. The zero-order chi connectivity index (χ0) is 14.5. The molecule has 1 amide bonds. The Labute approximate surface area is 122 Å². The third-order valence-corrected chi connectivity index (χ3v) is 3.61. The maximum absolute atomic E-state index is 11.8. The van der Waals surface area contributed by atoms with Crippen LogP contribution in [0.25, 0.3) is 0 Å². The number of carbonyl (C=O) groups is 1. The molecule has 2 N–H and O–H groups in total. The number of nitriles is 1. The van der Waals surface area contributed by atoms with Gasteiger partial charge in [-0.1, -0.05) is 29.8 Å². The number of halogens is 1. The Hall–Kier alpha value is -1.54. The molecule has 0 spiro atoms. The molecular weight excluding hydrogens is 306 g/mol. The normalized spacial score (nSPS) is 13.5. The standard InChI is InChI=1S/C14H18BrN3O/c1-10(2)14(3,9-16)18-13(19)8-17-12-6-4-11(15)5-7-12/h4-7,10,17H,8H2,1-3H3,(H,18,19). The SMILES string of the molecule is CC(C)C(C)(C#N)NC(=O)CNc1ccc(Br)cc1. The summed E-state index contributed by atoms with van der Waals surface area (Å²) in [5.41, 5.74) is 0.0277. The van der Waals surface area contributed by atoms with Crippen LogP contribution in [0.3, 0.4) is 0 Å². The lowest BCUT2D eigenvalue weighted by molar-refractivity contribution is -0.121. The third kappa shape index (κ3) is 4.56. The minimum Gasteiger partial charge on any atom is -0.376 e. The third-order valence-electron chi connectivity index (χ3n) is 3.08. The molecule has 0 saturated carbocycles. The summed E-state index contributed by atoms with van der Waals surface area (Å²) >= 11 is 3.35. The maximum atomic E-state index is 11.8. The molecular formula is C14H18BrN3O. The van der Waals surface area contributed by atoms with E-state index in [-0.39, 0.29) is 18.4 Å². The first-order chi connectivity index (χ1) is 8.87. The van der Waals surface area contributed by atoms with E-state index >= 15 is 0 Å². The second-order valence-electron chi connectivity index (χ2n) is 4.88. The van der Waals surface area contributed by atoms with Crippen LogP contribution in [0.15, 0.2) is 28.7 Å². The van der Waals surface area contributed by atoms with E-state index in [4.69, 9.17) is 5.26 Å². The quantitative estimate of drug-likeness (QED) is 0.875. The zero-order valence-electron chi connectivity index (χ0n) is 11.3. The van der Waals surface area contributed by atoms with Crippen molar-refractivity contribution in [2.75, 3.05) is 11.9 Å². The van der Waals surface area contributed by atoms with E-state index in [0.717, 1.165) is 10.2 Å². The predicted molar refractivity (Wildman–Crippen MR) is 79.6 cm³/mol. The summed E-state index contributed by atoms with van der Waals surface area (Å²) in [5, 5.41) is 14.9. The fourth-order valence-corrected chi connectivity index (χ4v) is 1.65. The number of hydrogen-bond donors (Lipinski definition) is 2. The Morgan fingerprint density at radius 2 is 2.00 bits per heavy atom. The Morgan fingerprint density at radius 1 is 1.42 bits per heavy atom. The van der Waals surface area contributed by atoms with Gasteiger partial charge in [0.15, 0.2) is 0 Å². The van der Waals surface area contributed by atoms with Gasteiger partial charge in [0, 0.05) is 10.2 Å². The van der Waals surface area contributed by atoms with Crippen LogP contribution in [0.1, 0.15) is 20.8 Å². The number of benzene rings is 1. The summed E-state index contributed by atoms with van der Waals surface area (Å²) in [4.78, 5) is 11.8. The van der Waals surface area contributed by atoms with Gasteiger partial charge in [-0.3, -0.25) is 4.79 Å². The van der Waals surface area contributed by atoms with Crippen LogP contribution >= 0.6 is 15.9 Å². The second kappa shape index (κ2) is 6.58. The maximum Gasteiger partial charge on any atom is 0.240 e. The first-order valence-corrected chi connectivity index (χ1v) is 6.88. The Balaban J connectivity index is 2.53. The molecule has 102 valence electrons. The van der Waals surface area contributed by atoms with Crippen LogP contribution in [0.4, 0.5) is 5.69 Å². The summed E-state index contributed by atoms with van der Waals surface area (Å²) in [7, 11) is 0. The number of rotatable bonds is 5. The van der Waals surface area contributed by atoms with Crippen molar-refractivity contribution in [3.63, 3.8) is 0 Å². The number of carbonyl (C=O) groups excluding carboxylic acids is 1. The van der Waals surface area contributed by atoms with E-state index in [1.54, 1.807) is 6.92 Å². The Bertz CT molecular complexity index is 478. The molecule has 1 aromatic rings. The topological polar surface area (TPSA) is 64.9 Å². The highest BCUT2D eigenvalue weighted by atomic mass is 79.9. The van der Waals surface area contributed by atoms with Gasteiger partial charge < -0.3 is 10.6 Å². The van der Waals surface area contributed by atoms with E-state index in [9.17, 15) is 4.79 Å². The molecule has 1 atom stereocenters. The molecule has 0 bridgehead atoms. The molecule has 0 saturated heterocycles. The molecule has 1 unspecified atom stereocenters. The minimum atomic E-state index is -0.835. The Morgan fingerprint density at radius 3 is 2.47 bits per heavy atom. The molecule has 1 rings (SSSR count). The highest BCUT2D eigenvalue weighted by Crippen LogP contribution is 2.16.